The SMILES string of the molecule is CC.CC.CC.CC=CCC.CC=O.CC=O.CC=O.CCc1ncn[nH]1. The van der Waals surface area contributed by atoms with E-state index < -0.39 is 0 Å². The van der Waals surface area contributed by atoms with Crippen molar-refractivity contribution >= 4 is 18.9 Å². The molecule has 0 saturated carbocycles. The first kappa shape index (κ1) is 44.4. The van der Waals surface area contributed by atoms with Crippen LogP contribution in [0.25, 0.3) is 0 Å². The summed E-state index contributed by atoms with van der Waals surface area (Å²) in [4.78, 5) is 30.3. The highest BCUT2D eigenvalue weighted by molar-refractivity contribution is 5.44. The van der Waals surface area contributed by atoms with Gasteiger partial charge in [0.25, 0.3) is 0 Å². The topological polar surface area (TPSA) is 92.8 Å². The Morgan fingerprint density at radius 2 is 1.15 bits per heavy atom. The molecule has 1 rings (SSSR count). The highest BCUT2D eigenvalue weighted by Crippen LogP contribution is 1.82. The molecule has 0 atom stereocenters. The van der Waals surface area contributed by atoms with Gasteiger partial charge < -0.3 is 14.4 Å². The third-order valence-electron chi connectivity index (χ3n) is 1.27. The van der Waals surface area contributed by atoms with E-state index in [9.17, 15) is 0 Å². The normalized spacial score (nSPS) is 6.37. The van der Waals surface area contributed by atoms with E-state index in [4.69, 9.17) is 14.4 Å². The Kier molecular flexibility index (Phi) is 146. The molecule has 0 radical (unpaired) electrons. The second-order valence-corrected chi connectivity index (χ2v) is 2.97. The summed E-state index contributed by atoms with van der Waals surface area (Å²) in [5.41, 5.74) is 0. The molecular weight excluding hydrogens is 342 g/mol. The van der Waals surface area contributed by atoms with Crippen LogP contribution in [0.15, 0.2) is 18.5 Å². The van der Waals surface area contributed by atoms with Crippen LogP contribution >= 0.6 is 0 Å². The molecule has 0 unspecified atom stereocenters. The van der Waals surface area contributed by atoms with Crippen LogP contribution in [0.5, 0.6) is 0 Å². The fraction of sp³-hybridized carbons (Fsp3) is 0.667. The molecule has 0 aromatic carbocycles. The maximum atomic E-state index is 8.81. The summed E-state index contributed by atoms with van der Waals surface area (Å²) < 4.78 is 0. The van der Waals surface area contributed by atoms with Crippen molar-refractivity contribution in [3.8, 4) is 0 Å². The van der Waals surface area contributed by atoms with Gasteiger partial charge >= 0.3 is 0 Å². The molecule has 0 fully saturated rings. The number of aromatic amines is 1. The van der Waals surface area contributed by atoms with Crippen LogP contribution in [0.4, 0.5) is 0 Å². The smallest absolute Gasteiger partial charge is 0.137 e. The third kappa shape index (κ3) is 145. The number of nitrogens with zero attached hydrogens (tertiary/aromatic N) is 2. The van der Waals surface area contributed by atoms with Gasteiger partial charge in [0.2, 0.25) is 0 Å². The summed E-state index contributed by atoms with van der Waals surface area (Å²) in [7, 11) is 0. The van der Waals surface area contributed by atoms with E-state index in [-0.39, 0.29) is 0 Å². The number of allylic oxidation sites excluding steroid dienone is 2. The Hall–Kier alpha value is -2.11. The van der Waals surface area contributed by atoms with Gasteiger partial charge in [-0.25, -0.2) is 4.98 Å². The van der Waals surface area contributed by atoms with Crippen molar-refractivity contribution in [1.82, 2.24) is 15.2 Å². The van der Waals surface area contributed by atoms with Crippen LogP contribution < -0.4 is 0 Å². The van der Waals surface area contributed by atoms with E-state index >= 15 is 0 Å². The molecule has 164 valence electrons. The fourth-order valence-electron chi connectivity index (χ4n) is 0.637. The van der Waals surface area contributed by atoms with Crippen molar-refractivity contribution in [2.75, 3.05) is 0 Å². The van der Waals surface area contributed by atoms with Crippen molar-refractivity contribution in [1.29, 1.82) is 0 Å². The zero-order valence-corrected chi connectivity index (χ0v) is 20.0. The molecule has 0 saturated heterocycles. The van der Waals surface area contributed by atoms with Crippen molar-refractivity contribution in [3.63, 3.8) is 0 Å². The standard InChI is InChI=1S/C5H10.C4H7N3.3C2H4O.3C2H6/c1-3-5-4-2;1-2-4-5-3-6-7-4;3*1-2-3;3*1-2/h3,5H,4H2,1-2H3;3H,2H2,1H3,(H,5,6,7);3*2H,1H3;3*1-2H3. The van der Waals surface area contributed by atoms with Gasteiger partial charge in [0.05, 0.1) is 0 Å². The molecule has 27 heavy (non-hydrogen) atoms. The van der Waals surface area contributed by atoms with Gasteiger partial charge in [0.15, 0.2) is 0 Å². The van der Waals surface area contributed by atoms with E-state index in [0.29, 0.717) is 0 Å². The Morgan fingerprint density at radius 1 is 0.815 bits per heavy atom. The number of H-pyrrole nitrogens is 1. The summed E-state index contributed by atoms with van der Waals surface area (Å²) in [6.07, 6.45) is 10.0. The van der Waals surface area contributed by atoms with Crippen LogP contribution in [0, 0.1) is 0 Å². The second kappa shape index (κ2) is 88.5. The lowest BCUT2D eigenvalue weighted by Gasteiger charge is -1.77. The molecule has 0 spiro atoms. The van der Waals surface area contributed by atoms with Crippen LogP contribution in [-0.2, 0) is 20.8 Å². The van der Waals surface area contributed by atoms with E-state index in [1.807, 2.05) is 55.4 Å². The maximum absolute atomic E-state index is 8.81. The number of carbonyl (C=O) groups excluding carboxylic acids is 3. The monoisotopic (exact) mass is 389 g/mol. The van der Waals surface area contributed by atoms with E-state index in [0.717, 1.165) is 37.5 Å². The third-order valence-corrected chi connectivity index (χ3v) is 1.27. The molecule has 1 aromatic rings. The number of hydrogen-bond acceptors (Lipinski definition) is 5. The summed E-state index contributed by atoms with van der Waals surface area (Å²) >= 11 is 0. The maximum Gasteiger partial charge on any atom is 0.137 e. The van der Waals surface area contributed by atoms with Crippen molar-refractivity contribution in [3.05, 3.63) is 24.3 Å². The highest BCUT2D eigenvalue weighted by atomic mass is 16.1. The first-order chi connectivity index (χ1) is 13.1. The van der Waals surface area contributed by atoms with Crippen LogP contribution in [-0.4, -0.2) is 34.0 Å². The van der Waals surface area contributed by atoms with Gasteiger partial charge in [-0.15, -0.1) is 0 Å². The summed E-state index contributed by atoms with van der Waals surface area (Å²) in [5.74, 6) is 0.944. The number of rotatable bonds is 2. The second-order valence-electron chi connectivity index (χ2n) is 2.97. The van der Waals surface area contributed by atoms with Crippen LogP contribution in [0.1, 0.15) is 95.3 Å². The number of aldehydes is 3. The van der Waals surface area contributed by atoms with Crippen LogP contribution in [0.3, 0.4) is 0 Å². The predicted molar refractivity (Wildman–Crippen MR) is 120 cm³/mol. The van der Waals surface area contributed by atoms with Gasteiger partial charge in [0, 0.05) is 6.42 Å². The number of aromatic nitrogens is 3. The van der Waals surface area contributed by atoms with Gasteiger partial charge in [0.1, 0.15) is 31.0 Å². The number of aryl methyl sites for hydroxylation is 1. The molecule has 1 aromatic heterocycles. The average molecular weight is 390 g/mol. The van der Waals surface area contributed by atoms with Crippen molar-refractivity contribution in [2.45, 2.75) is 95.9 Å². The molecule has 0 aliphatic rings. The van der Waals surface area contributed by atoms with Gasteiger partial charge in [-0.2, -0.15) is 5.10 Å². The van der Waals surface area contributed by atoms with Crippen molar-refractivity contribution < 1.29 is 14.4 Å². The lowest BCUT2D eigenvalue weighted by atomic mass is 10.4. The lowest BCUT2D eigenvalue weighted by Crippen LogP contribution is -1.79. The molecule has 1 N–H and O–H groups in total. The fourth-order valence-corrected chi connectivity index (χ4v) is 0.637. The summed E-state index contributed by atoms with van der Waals surface area (Å²) in [5, 5.41) is 6.38. The zero-order valence-electron chi connectivity index (χ0n) is 20.0. The summed E-state index contributed by atoms with van der Waals surface area (Å²) in [6.45, 7) is 22.5. The first-order valence-corrected chi connectivity index (χ1v) is 9.74. The first-order valence-electron chi connectivity index (χ1n) is 9.74. The van der Waals surface area contributed by atoms with E-state index in [1.54, 1.807) is 0 Å². The Bertz CT molecular complexity index is 298. The molecular formula is C21H47N3O3. The van der Waals surface area contributed by atoms with Gasteiger partial charge in [-0.05, 0) is 34.1 Å². The zero-order chi connectivity index (χ0) is 23.4. The van der Waals surface area contributed by atoms with Crippen molar-refractivity contribution in [2.24, 2.45) is 0 Å². The molecule has 6 heteroatoms. The highest BCUT2D eigenvalue weighted by Gasteiger charge is 1.84. The molecule has 6 nitrogen and oxygen atoms in total. The van der Waals surface area contributed by atoms with Crippen LogP contribution in [0.2, 0.25) is 0 Å². The molecule has 0 bridgehead atoms. The Morgan fingerprint density at radius 3 is 1.22 bits per heavy atom. The van der Waals surface area contributed by atoms with E-state index in [2.05, 4.69) is 34.3 Å². The molecule has 0 aliphatic carbocycles. The predicted octanol–water partition coefficient (Wildman–Crippen LogP) is 6.03. The average Bonchev–Trinajstić information content (AvgIpc) is 3.24. The molecule has 1 heterocycles. The molecule has 0 amide bonds. The minimum Gasteiger partial charge on any atom is -0.304 e. The molecule has 0 aliphatic heterocycles. The number of hydrogen-bond donors (Lipinski definition) is 1. The van der Waals surface area contributed by atoms with E-state index in [1.165, 1.54) is 27.1 Å². The largest absolute Gasteiger partial charge is 0.304 e. The van der Waals surface area contributed by atoms with Gasteiger partial charge in [-0.3, -0.25) is 5.10 Å². The Balaban J connectivity index is -0.0000000361. The van der Waals surface area contributed by atoms with Gasteiger partial charge in [-0.1, -0.05) is 67.5 Å². The minimum atomic E-state index is 0.750. The number of nitrogens with one attached hydrogen (secondary N) is 1. The lowest BCUT2D eigenvalue weighted by molar-refractivity contribution is -0.106. The minimum absolute atomic E-state index is 0.750. The number of carbonyl (C=O) groups is 3. The quantitative estimate of drug-likeness (QED) is 0.492. The Labute approximate surface area is 169 Å². The summed E-state index contributed by atoms with van der Waals surface area (Å²) in [6, 6.07) is 0.